The van der Waals surface area contributed by atoms with Crippen molar-refractivity contribution in [2.24, 2.45) is 0 Å². The van der Waals surface area contributed by atoms with Crippen LogP contribution in [-0.2, 0) is 0 Å². The highest BCUT2D eigenvalue weighted by Gasteiger charge is 2.18. The fourth-order valence-corrected chi connectivity index (χ4v) is 2.16. The van der Waals surface area contributed by atoms with E-state index in [0.717, 1.165) is 42.1 Å². The van der Waals surface area contributed by atoms with Gasteiger partial charge in [0.1, 0.15) is 5.84 Å². The predicted molar refractivity (Wildman–Crippen MR) is 65.1 cm³/mol. The summed E-state index contributed by atoms with van der Waals surface area (Å²) in [7, 11) is 0. The van der Waals surface area contributed by atoms with Crippen LogP contribution in [0.3, 0.4) is 0 Å². The lowest BCUT2D eigenvalue weighted by molar-refractivity contribution is 0.706. The number of piperidine rings is 1. The molecule has 1 fully saturated rings. The number of benzene rings is 1. The molecule has 2 rings (SSSR count). The lowest BCUT2D eigenvalue weighted by Crippen LogP contribution is -2.35. The number of amidine groups is 1. The van der Waals surface area contributed by atoms with Crippen molar-refractivity contribution >= 4 is 23.1 Å². The van der Waals surface area contributed by atoms with Crippen LogP contribution in [0.5, 0.6) is 0 Å². The van der Waals surface area contributed by atoms with Gasteiger partial charge in [-0.15, -0.1) is 0 Å². The fourth-order valence-electron chi connectivity index (χ4n) is 1.99. The molecule has 0 unspecified atom stereocenters. The van der Waals surface area contributed by atoms with E-state index in [1.807, 2.05) is 25.1 Å². The molecule has 1 heterocycles. The number of hydrogen-bond acceptors (Lipinski definition) is 1. The Morgan fingerprint density at radius 2 is 2.13 bits per heavy atom. The second-order valence-corrected chi connectivity index (χ2v) is 4.35. The molecule has 1 aliphatic heterocycles. The maximum Gasteiger partial charge on any atom is 0.100 e. The summed E-state index contributed by atoms with van der Waals surface area (Å²) in [5, 5.41) is 8.72. The molecule has 0 radical (unpaired) electrons. The Hall–Kier alpha value is -1.02. The first-order valence-corrected chi connectivity index (χ1v) is 5.68. The second-order valence-electron chi connectivity index (χ2n) is 3.94. The first-order valence-electron chi connectivity index (χ1n) is 5.30. The SMILES string of the molecule is Cc1c(Cl)cccc1N1CCCCC1=N. The molecule has 0 aliphatic carbocycles. The summed E-state index contributed by atoms with van der Waals surface area (Å²) < 4.78 is 0. The molecule has 1 aromatic carbocycles. The molecular weight excluding hydrogens is 208 g/mol. The van der Waals surface area contributed by atoms with E-state index in [-0.39, 0.29) is 0 Å². The predicted octanol–water partition coefficient (Wildman–Crippen LogP) is 3.62. The highest BCUT2D eigenvalue weighted by Crippen LogP contribution is 2.29. The Morgan fingerprint density at radius 3 is 2.87 bits per heavy atom. The molecule has 80 valence electrons. The van der Waals surface area contributed by atoms with Crippen LogP contribution in [0.4, 0.5) is 5.69 Å². The molecule has 2 nitrogen and oxygen atoms in total. The van der Waals surface area contributed by atoms with Crippen LogP contribution in [0, 0.1) is 12.3 Å². The van der Waals surface area contributed by atoms with Crippen molar-refractivity contribution < 1.29 is 0 Å². The van der Waals surface area contributed by atoms with E-state index in [1.54, 1.807) is 0 Å². The van der Waals surface area contributed by atoms with Crippen molar-refractivity contribution in [1.29, 1.82) is 5.41 Å². The average molecular weight is 223 g/mol. The van der Waals surface area contributed by atoms with Gasteiger partial charge in [-0.25, -0.2) is 0 Å². The lowest BCUT2D eigenvalue weighted by Gasteiger charge is -2.30. The minimum atomic E-state index is 0.714. The molecule has 1 saturated heterocycles. The first-order chi connectivity index (χ1) is 7.20. The van der Waals surface area contributed by atoms with Crippen molar-refractivity contribution in [3.8, 4) is 0 Å². The van der Waals surface area contributed by atoms with Crippen molar-refractivity contribution in [1.82, 2.24) is 0 Å². The van der Waals surface area contributed by atoms with Crippen LogP contribution in [0.25, 0.3) is 0 Å². The van der Waals surface area contributed by atoms with Crippen molar-refractivity contribution in [3.63, 3.8) is 0 Å². The van der Waals surface area contributed by atoms with E-state index in [2.05, 4.69) is 4.90 Å². The molecule has 0 amide bonds. The van der Waals surface area contributed by atoms with Gasteiger partial charge in [0.2, 0.25) is 0 Å². The van der Waals surface area contributed by atoms with Gasteiger partial charge in [0.15, 0.2) is 0 Å². The third-order valence-electron chi connectivity index (χ3n) is 2.90. The van der Waals surface area contributed by atoms with E-state index in [4.69, 9.17) is 17.0 Å². The molecule has 0 aromatic heterocycles. The Morgan fingerprint density at radius 1 is 1.33 bits per heavy atom. The van der Waals surface area contributed by atoms with E-state index in [1.165, 1.54) is 0 Å². The molecule has 0 spiro atoms. The minimum Gasteiger partial charge on any atom is -0.330 e. The van der Waals surface area contributed by atoms with Gasteiger partial charge >= 0.3 is 0 Å². The van der Waals surface area contributed by atoms with E-state index in [0.29, 0.717) is 5.84 Å². The smallest absolute Gasteiger partial charge is 0.100 e. The molecular formula is C12H15ClN2. The summed E-state index contributed by atoms with van der Waals surface area (Å²) in [6, 6.07) is 5.89. The molecule has 0 bridgehead atoms. The number of nitrogens with one attached hydrogen (secondary N) is 1. The van der Waals surface area contributed by atoms with Crippen LogP contribution in [0.1, 0.15) is 24.8 Å². The standard InChI is InChI=1S/C12H15ClN2/c1-9-10(13)5-4-6-11(9)15-8-3-2-7-12(15)14/h4-6,14H,2-3,7-8H2,1H3. The monoisotopic (exact) mass is 222 g/mol. The lowest BCUT2D eigenvalue weighted by atomic mass is 10.1. The summed E-state index contributed by atoms with van der Waals surface area (Å²) >= 11 is 6.08. The molecule has 0 saturated carbocycles. The van der Waals surface area contributed by atoms with Gasteiger partial charge in [0, 0.05) is 23.7 Å². The largest absolute Gasteiger partial charge is 0.330 e. The van der Waals surface area contributed by atoms with Crippen LogP contribution in [0.2, 0.25) is 5.02 Å². The second kappa shape index (κ2) is 4.23. The maximum absolute atomic E-state index is 7.93. The zero-order valence-corrected chi connectivity index (χ0v) is 9.64. The van der Waals surface area contributed by atoms with Crippen LogP contribution < -0.4 is 4.90 Å². The molecule has 15 heavy (non-hydrogen) atoms. The van der Waals surface area contributed by atoms with Crippen LogP contribution >= 0.6 is 11.6 Å². The first kappa shape index (κ1) is 10.5. The minimum absolute atomic E-state index is 0.714. The van der Waals surface area contributed by atoms with Crippen LogP contribution in [0.15, 0.2) is 18.2 Å². The summed E-state index contributed by atoms with van der Waals surface area (Å²) in [4.78, 5) is 2.07. The van der Waals surface area contributed by atoms with Gasteiger partial charge in [-0.3, -0.25) is 5.41 Å². The van der Waals surface area contributed by atoms with Gasteiger partial charge in [-0.1, -0.05) is 17.7 Å². The van der Waals surface area contributed by atoms with Crippen LogP contribution in [-0.4, -0.2) is 12.4 Å². The summed E-state index contributed by atoms with van der Waals surface area (Å²) in [5.74, 6) is 0.714. The average Bonchev–Trinajstić information content (AvgIpc) is 2.23. The summed E-state index contributed by atoms with van der Waals surface area (Å²) in [5.41, 5.74) is 2.16. The Balaban J connectivity index is 2.35. The molecule has 0 atom stereocenters. The summed E-state index contributed by atoms with van der Waals surface area (Å²) in [6.45, 7) is 2.96. The van der Waals surface area contributed by atoms with Crippen molar-refractivity contribution in [3.05, 3.63) is 28.8 Å². The Labute approximate surface area is 95.4 Å². The molecule has 3 heteroatoms. The quantitative estimate of drug-likeness (QED) is 0.772. The van der Waals surface area contributed by atoms with E-state index < -0.39 is 0 Å². The van der Waals surface area contributed by atoms with Gasteiger partial charge in [-0.05, 0) is 37.5 Å². The van der Waals surface area contributed by atoms with Crippen molar-refractivity contribution in [2.45, 2.75) is 26.2 Å². The Kier molecular flexibility index (Phi) is 2.96. The van der Waals surface area contributed by atoms with E-state index in [9.17, 15) is 0 Å². The maximum atomic E-state index is 7.93. The zero-order chi connectivity index (χ0) is 10.8. The number of hydrogen-bond donors (Lipinski definition) is 1. The van der Waals surface area contributed by atoms with Gasteiger partial charge in [-0.2, -0.15) is 0 Å². The highest BCUT2D eigenvalue weighted by molar-refractivity contribution is 6.31. The zero-order valence-electron chi connectivity index (χ0n) is 8.89. The summed E-state index contributed by atoms with van der Waals surface area (Å²) in [6.07, 6.45) is 3.18. The van der Waals surface area contributed by atoms with Gasteiger partial charge in [0.05, 0.1) is 0 Å². The normalized spacial score (nSPS) is 16.9. The Bertz CT molecular complexity index is 387. The molecule has 1 N–H and O–H groups in total. The van der Waals surface area contributed by atoms with Gasteiger partial charge in [0.25, 0.3) is 0 Å². The van der Waals surface area contributed by atoms with Crippen molar-refractivity contribution in [2.75, 3.05) is 11.4 Å². The number of rotatable bonds is 1. The van der Waals surface area contributed by atoms with Gasteiger partial charge < -0.3 is 4.90 Å². The number of anilines is 1. The number of halogens is 1. The fraction of sp³-hybridized carbons (Fsp3) is 0.417. The topological polar surface area (TPSA) is 27.1 Å². The van der Waals surface area contributed by atoms with E-state index >= 15 is 0 Å². The number of nitrogens with zero attached hydrogens (tertiary/aromatic N) is 1. The molecule has 1 aliphatic rings. The third kappa shape index (κ3) is 2.00. The highest BCUT2D eigenvalue weighted by atomic mass is 35.5. The molecule has 1 aromatic rings. The third-order valence-corrected chi connectivity index (χ3v) is 3.31.